The lowest BCUT2D eigenvalue weighted by molar-refractivity contribution is -0.137. The molecule has 0 saturated heterocycles. The largest absolute Gasteiger partial charge is 0.489 e. The van der Waals surface area contributed by atoms with Gasteiger partial charge in [-0.15, -0.1) is 0 Å². The summed E-state index contributed by atoms with van der Waals surface area (Å²) in [7, 11) is 0. The lowest BCUT2D eigenvalue weighted by atomic mass is 10.0. The van der Waals surface area contributed by atoms with Gasteiger partial charge in [0.2, 0.25) is 0 Å². The molecule has 32 heavy (non-hydrogen) atoms. The summed E-state index contributed by atoms with van der Waals surface area (Å²) in [6.45, 7) is 2.79. The Hall–Kier alpha value is -3.18. The lowest BCUT2D eigenvalue weighted by Crippen LogP contribution is -2.32. The monoisotopic (exact) mass is 428 g/mol. The maximum absolute atomic E-state index is 10.8. The Balaban J connectivity index is 1.21. The Morgan fingerprint density at radius 3 is 2.62 bits per heavy atom. The summed E-state index contributed by atoms with van der Waals surface area (Å²) in [5.41, 5.74) is 8.54. The second-order valence-corrected chi connectivity index (χ2v) is 8.74. The average Bonchev–Trinajstić information content (AvgIpc) is 3.29. The van der Waals surface area contributed by atoms with Crippen molar-refractivity contribution < 1.29 is 14.6 Å². The Morgan fingerprint density at radius 1 is 0.969 bits per heavy atom. The van der Waals surface area contributed by atoms with Crippen LogP contribution in [0.5, 0.6) is 5.75 Å². The number of benzene rings is 2. The molecule has 0 spiro atoms. The summed E-state index contributed by atoms with van der Waals surface area (Å²) in [4.78, 5) is 17.9. The van der Waals surface area contributed by atoms with Crippen molar-refractivity contribution in [3.05, 3.63) is 82.5 Å². The molecule has 0 unspecified atom stereocenters. The minimum Gasteiger partial charge on any atom is -0.489 e. The normalized spacial score (nSPS) is 15.2. The number of carbonyl (C=O) groups is 1. The van der Waals surface area contributed by atoms with Gasteiger partial charge in [-0.3, -0.25) is 14.7 Å². The van der Waals surface area contributed by atoms with E-state index in [9.17, 15) is 4.79 Å². The van der Waals surface area contributed by atoms with Gasteiger partial charge in [0, 0.05) is 37.3 Å². The molecule has 2 heterocycles. The molecule has 0 amide bonds. The first kappa shape index (κ1) is 20.7. The van der Waals surface area contributed by atoms with E-state index in [1.54, 1.807) is 0 Å². The van der Waals surface area contributed by atoms with E-state index in [-0.39, 0.29) is 6.42 Å². The predicted molar refractivity (Wildman–Crippen MR) is 124 cm³/mol. The molecule has 5 heteroatoms. The van der Waals surface area contributed by atoms with E-state index in [0.717, 1.165) is 42.2 Å². The number of ether oxygens (including phenoxy) is 1. The number of carboxylic acids is 1. The summed E-state index contributed by atoms with van der Waals surface area (Å²) in [5, 5.41) is 8.90. The zero-order valence-electron chi connectivity index (χ0n) is 18.2. The van der Waals surface area contributed by atoms with Crippen molar-refractivity contribution in [2.24, 2.45) is 0 Å². The molecule has 1 aliphatic heterocycles. The van der Waals surface area contributed by atoms with Crippen LogP contribution in [-0.2, 0) is 37.2 Å². The highest BCUT2D eigenvalue weighted by molar-refractivity contribution is 5.66. The van der Waals surface area contributed by atoms with E-state index in [0.29, 0.717) is 13.2 Å². The van der Waals surface area contributed by atoms with Crippen molar-refractivity contribution >= 4 is 5.97 Å². The van der Waals surface area contributed by atoms with Gasteiger partial charge in [-0.05, 0) is 71.8 Å². The molecule has 0 radical (unpaired) electrons. The van der Waals surface area contributed by atoms with Crippen molar-refractivity contribution in [2.75, 3.05) is 13.1 Å². The molecule has 164 valence electrons. The number of fused-ring (bicyclic) bond motifs is 2. The maximum atomic E-state index is 10.8. The van der Waals surface area contributed by atoms with Crippen molar-refractivity contribution in [1.29, 1.82) is 0 Å². The zero-order chi connectivity index (χ0) is 21.9. The van der Waals surface area contributed by atoms with Crippen molar-refractivity contribution in [3.63, 3.8) is 0 Å². The van der Waals surface area contributed by atoms with E-state index >= 15 is 0 Å². The van der Waals surface area contributed by atoms with Crippen LogP contribution in [0.25, 0.3) is 11.3 Å². The average molecular weight is 429 g/mol. The van der Waals surface area contributed by atoms with E-state index in [2.05, 4.69) is 47.4 Å². The summed E-state index contributed by atoms with van der Waals surface area (Å²) in [6.07, 6.45) is 4.69. The smallest absolute Gasteiger partial charge is 0.304 e. The molecule has 3 aromatic rings. The van der Waals surface area contributed by atoms with Gasteiger partial charge < -0.3 is 9.84 Å². The third-order valence-corrected chi connectivity index (χ3v) is 6.49. The van der Waals surface area contributed by atoms with E-state index in [4.69, 9.17) is 14.8 Å². The summed E-state index contributed by atoms with van der Waals surface area (Å²) >= 11 is 0. The van der Waals surface area contributed by atoms with Gasteiger partial charge in [0.25, 0.3) is 0 Å². The quantitative estimate of drug-likeness (QED) is 0.594. The van der Waals surface area contributed by atoms with Crippen LogP contribution in [0.2, 0.25) is 0 Å². The Labute approximate surface area is 188 Å². The third-order valence-electron chi connectivity index (χ3n) is 6.49. The van der Waals surface area contributed by atoms with Crippen molar-refractivity contribution in [1.82, 2.24) is 9.88 Å². The summed E-state index contributed by atoms with van der Waals surface area (Å²) < 4.78 is 6.02. The number of carboxylic acid groups (broad SMARTS) is 1. The number of pyridine rings is 1. The van der Waals surface area contributed by atoms with Gasteiger partial charge in [0.05, 0.1) is 12.1 Å². The highest BCUT2D eigenvalue weighted by Gasteiger charge is 2.18. The van der Waals surface area contributed by atoms with Crippen molar-refractivity contribution in [2.45, 2.75) is 45.3 Å². The molecule has 0 saturated carbocycles. The van der Waals surface area contributed by atoms with Crippen LogP contribution in [-0.4, -0.2) is 34.0 Å². The minimum absolute atomic E-state index is 0.182. The van der Waals surface area contributed by atoms with Crippen LogP contribution in [0.15, 0.2) is 54.6 Å². The van der Waals surface area contributed by atoms with Gasteiger partial charge in [-0.25, -0.2) is 0 Å². The van der Waals surface area contributed by atoms with Crippen LogP contribution < -0.4 is 4.74 Å². The molecule has 1 N–H and O–H groups in total. The van der Waals surface area contributed by atoms with E-state index < -0.39 is 5.97 Å². The molecule has 0 fully saturated rings. The highest BCUT2D eigenvalue weighted by atomic mass is 16.5. The maximum Gasteiger partial charge on any atom is 0.304 e. The Morgan fingerprint density at radius 2 is 1.78 bits per heavy atom. The molecule has 1 aromatic heterocycles. The second-order valence-electron chi connectivity index (χ2n) is 8.74. The molecule has 2 aliphatic rings. The first-order valence-corrected chi connectivity index (χ1v) is 11.4. The number of aromatic nitrogens is 1. The fourth-order valence-corrected chi connectivity index (χ4v) is 4.68. The van der Waals surface area contributed by atoms with E-state index in [1.165, 1.54) is 41.5 Å². The predicted octanol–water partition coefficient (Wildman–Crippen LogP) is 4.65. The molecule has 0 atom stereocenters. The highest BCUT2D eigenvalue weighted by Crippen LogP contribution is 2.26. The minimum atomic E-state index is -0.746. The second kappa shape index (κ2) is 9.13. The number of hydrogen-bond donors (Lipinski definition) is 1. The number of aliphatic carboxylic acids is 1. The van der Waals surface area contributed by atoms with Crippen LogP contribution in [0.4, 0.5) is 0 Å². The van der Waals surface area contributed by atoms with E-state index in [1.807, 2.05) is 12.1 Å². The lowest BCUT2D eigenvalue weighted by Gasteiger charge is -2.27. The number of hydrogen-bond acceptors (Lipinski definition) is 4. The SMILES string of the molecule is O=C(O)CCN1CCc2nc(-c3ccc(OCc4ccc5c(c4)CCC5)cc3)ccc2C1. The van der Waals surface area contributed by atoms with Crippen LogP contribution in [0.3, 0.4) is 0 Å². The molecule has 0 bridgehead atoms. The van der Waals surface area contributed by atoms with Gasteiger partial charge in [0.1, 0.15) is 12.4 Å². The van der Waals surface area contributed by atoms with Crippen LogP contribution in [0.1, 0.15) is 40.8 Å². The molecule has 5 rings (SSSR count). The standard InChI is InChI=1S/C27H28N2O3/c30-27(31)13-15-29-14-12-26-23(17-29)8-11-25(28-26)21-6-9-24(10-7-21)32-18-19-4-5-20-2-1-3-22(20)16-19/h4-11,16H,1-3,12-15,17-18H2,(H,30,31). The molecular formula is C27H28N2O3. The van der Waals surface area contributed by atoms with Gasteiger partial charge in [-0.2, -0.15) is 0 Å². The third kappa shape index (κ3) is 4.68. The Kier molecular flexibility index (Phi) is 5.91. The van der Waals surface area contributed by atoms with Gasteiger partial charge in [0.15, 0.2) is 0 Å². The summed E-state index contributed by atoms with van der Waals surface area (Å²) in [6, 6.07) is 19.0. The zero-order valence-corrected chi connectivity index (χ0v) is 18.2. The van der Waals surface area contributed by atoms with Crippen LogP contribution >= 0.6 is 0 Å². The first-order chi connectivity index (χ1) is 15.6. The number of aryl methyl sites for hydroxylation is 2. The van der Waals surface area contributed by atoms with Crippen molar-refractivity contribution in [3.8, 4) is 17.0 Å². The fraction of sp³-hybridized carbons (Fsp3) is 0.333. The molecule has 5 nitrogen and oxygen atoms in total. The molecular weight excluding hydrogens is 400 g/mol. The fourth-order valence-electron chi connectivity index (χ4n) is 4.68. The molecule has 1 aliphatic carbocycles. The van der Waals surface area contributed by atoms with Gasteiger partial charge in [-0.1, -0.05) is 24.3 Å². The Bertz CT molecular complexity index is 1120. The first-order valence-electron chi connectivity index (χ1n) is 11.4. The number of nitrogens with zero attached hydrogens (tertiary/aromatic N) is 2. The van der Waals surface area contributed by atoms with Crippen LogP contribution in [0, 0.1) is 0 Å². The topological polar surface area (TPSA) is 62.7 Å². The van der Waals surface area contributed by atoms with Gasteiger partial charge >= 0.3 is 5.97 Å². The number of rotatable bonds is 7. The summed E-state index contributed by atoms with van der Waals surface area (Å²) in [5.74, 6) is 0.116. The molecule has 2 aromatic carbocycles.